The van der Waals surface area contributed by atoms with Gasteiger partial charge in [-0.3, -0.25) is 14.4 Å². The molecule has 7 nitrogen and oxygen atoms in total. The van der Waals surface area contributed by atoms with Crippen LogP contribution in [0.1, 0.15) is 37.0 Å². The summed E-state index contributed by atoms with van der Waals surface area (Å²) < 4.78 is 1.93. The normalized spacial score (nSPS) is 17.7. The number of anilines is 1. The van der Waals surface area contributed by atoms with Crippen LogP contribution >= 0.6 is 0 Å². The van der Waals surface area contributed by atoms with Gasteiger partial charge in [0.1, 0.15) is 5.82 Å². The first-order chi connectivity index (χ1) is 14.0. The van der Waals surface area contributed by atoms with E-state index in [0.717, 1.165) is 66.4 Å². The van der Waals surface area contributed by atoms with Crippen LogP contribution < -0.4 is 5.32 Å². The number of likely N-dealkylation sites (tertiary alicyclic amines) is 1. The second-order valence-corrected chi connectivity index (χ2v) is 8.06. The van der Waals surface area contributed by atoms with Crippen LogP contribution in [0.15, 0.2) is 24.3 Å². The average Bonchev–Trinajstić information content (AvgIpc) is 3.23. The maximum Gasteiger partial charge on any atom is 0.238 e. The highest BCUT2D eigenvalue weighted by Crippen LogP contribution is 2.22. The third-order valence-corrected chi connectivity index (χ3v) is 5.84. The van der Waals surface area contributed by atoms with Crippen LogP contribution in [0, 0.1) is 19.8 Å². The lowest BCUT2D eigenvalue weighted by atomic mass is 9.94. The van der Waals surface area contributed by atoms with Crippen molar-refractivity contribution in [2.45, 2.75) is 46.6 Å². The van der Waals surface area contributed by atoms with E-state index in [2.05, 4.69) is 33.3 Å². The maximum atomic E-state index is 12.7. The standard InChI is InChI=1S/C22H30N6O/c1-4-28-16(3)22(15(2)26-28)25-21(29)14-27-11-7-8-17(13-27)12-20-23-18-9-5-6-10-19(18)24-20/h5-6,9-10,17H,4,7-8,11-14H2,1-3H3,(H,23,24)(H,25,29)/t17-/m1/s1. The number of rotatable bonds is 6. The van der Waals surface area contributed by atoms with E-state index in [9.17, 15) is 4.79 Å². The summed E-state index contributed by atoms with van der Waals surface area (Å²) in [5, 5.41) is 7.56. The van der Waals surface area contributed by atoms with Gasteiger partial charge in [0.2, 0.25) is 5.91 Å². The van der Waals surface area contributed by atoms with Crippen LogP contribution in [-0.4, -0.2) is 50.2 Å². The smallest absolute Gasteiger partial charge is 0.238 e. The largest absolute Gasteiger partial charge is 0.342 e. The van der Waals surface area contributed by atoms with E-state index in [1.807, 2.05) is 36.7 Å². The molecule has 1 aliphatic heterocycles. The zero-order valence-corrected chi connectivity index (χ0v) is 17.5. The number of aryl methyl sites for hydroxylation is 2. The van der Waals surface area contributed by atoms with Crippen molar-refractivity contribution in [3.63, 3.8) is 0 Å². The molecule has 1 aromatic carbocycles. The van der Waals surface area contributed by atoms with Gasteiger partial charge in [0.15, 0.2) is 0 Å². The van der Waals surface area contributed by atoms with Crippen LogP contribution in [0.4, 0.5) is 5.69 Å². The Labute approximate surface area is 171 Å². The number of carbonyl (C=O) groups is 1. The fourth-order valence-corrected chi connectivity index (χ4v) is 4.41. The number of carbonyl (C=O) groups excluding carboxylic acids is 1. The lowest BCUT2D eigenvalue weighted by Crippen LogP contribution is -2.41. The summed E-state index contributed by atoms with van der Waals surface area (Å²) in [6.07, 6.45) is 3.22. The molecule has 0 spiro atoms. The van der Waals surface area contributed by atoms with E-state index in [1.54, 1.807) is 0 Å². The zero-order chi connectivity index (χ0) is 20.4. The van der Waals surface area contributed by atoms with Crippen LogP contribution in [0.5, 0.6) is 0 Å². The molecule has 0 bridgehead atoms. The Morgan fingerprint density at radius 1 is 1.31 bits per heavy atom. The third-order valence-electron chi connectivity index (χ3n) is 5.84. The molecule has 1 amide bonds. The van der Waals surface area contributed by atoms with Gasteiger partial charge in [-0.15, -0.1) is 0 Å². The third kappa shape index (κ3) is 4.34. The molecule has 0 saturated carbocycles. The highest BCUT2D eigenvalue weighted by molar-refractivity contribution is 5.93. The minimum Gasteiger partial charge on any atom is -0.342 e. The summed E-state index contributed by atoms with van der Waals surface area (Å²) in [6, 6.07) is 8.14. The van der Waals surface area contributed by atoms with E-state index in [0.29, 0.717) is 12.5 Å². The predicted octanol–water partition coefficient (Wildman–Crippen LogP) is 3.29. The van der Waals surface area contributed by atoms with E-state index in [-0.39, 0.29) is 5.91 Å². The number of amides is 1. The highest BCUT2D eigenvalue weighted by Gasteiger charge is 2.23. The van der Waals surface area contributed by atoms with Crippen molar-refractivity contribution in [1.29, 1.82) is 0 Å². The molecule has 1 saturated heterocycles. The fourth-order valence-electron chi connectivity index (χ4n) is 4.41. The zero-order valence-electron chi connectivity index (χ0n) is 17.5. The number of hydrogen-bond donors (Lipinski definition) is 2. The van der Waals surface area contributed by atoms with E-state index >= 15 is 0 Å². The molecule has 1 fully saturated rings. The van der Waals surface area contributed by atoms with Gasteiger partial charge in [0.05, 0.1) is 34.7 Å². The van der Waals surface area contributed by atoms with Crippen LogP contribution in [0.3, 0.4) is 0 Å². The molecule has 2 aromatic heterocycles. The van der Waals surface area contributed by atoms with Gasteiger partial charge in [-0.2, -0.15) is 5.10 Å². The van der Waals surface area contributed by atoms with E-state index in [4.69, 9.17) is 4.98 Å². The summed E-state index contributed by atoms with van der Waals surface area (Å²) in [6.45, 7) is 9.13. The molecule has 2 N–H and O–H groups in total. The van der Waals surface area contributed by atoms with Gasteiger partial charge in [-0.1, -0.05) is 12.1 Å². The van der Waals surface area contributed by atoms with E-state index in [1.165, 1.54) is 6.42 Å². The van der Waals surface area contributed by atoms with Crippen molar-refractivity contribution in [3.8, 4) is 0 Å². The van der Waals surface area contributed by atoms with Gasteiger partial charge in [-0.25, -0.2) is 4.98 Å². The minimum atomic E-state index is 0.0382. The second-order valence-electron chi connectivity index (χ2n) is 8.06. The van der Waals surface area contributed by atoms with Crippen molar-refractivity contribution in [3.05, 3.63) is 41.5 Å². The Hall–Kier alpha value is -2.67. The molecule has 1 atom stereocenters. The molecule has 1 aliphatic rings. The van der Waals surface area contributed by atoms with Gasteiger partial charge in [0, 0.05) is 19.5 Å². The Morgan fingerprint density at radius 3 is 2.90 bits per heavy atom. The number of fused-ring (bicyclic) bond motifs is 1. The molecule has 3 heterocycles. The number of para-hydroxylation sites is 2. The van der Waals surface area contributed by atoms with Crippen LogP contribution in [0.25, 0.3) is 11.0 Å². The number of hydrogen-bond acceptors (Lipinski definition) is 4. The number of nitrogens with one attached hydrogen (secondary N) is 2. The SMILES string of the molecule is CCn1nc(C)c(NC(=O)CN2CCC[C@H](Cc3nc4ccccc4[nH]3)C2)c1C. The molecule has 154 valence electrons. The van der Waals surface area contributed by atoms with Crippen molar-refractivity contribution in [2.75, 3.05) is 25.0 Å². The first-order valence-corrected chi connectivity index (χ1v) is 10.5. The average molecular weight is 395 g/mol. The molecule has 7 heteroatoms. The van der Waals surface area contributed by atoms with Crippen molar-refractivity contribution < 1.29 is 4.79 Å². The Bertz CT molecular complexity index is 971. The topological polar surface area (TPSA) is 78.8 Å². The number of benzene rings is 1. The molecular formula is C22H30N6O. The number of aromatic amines is 1. The van der Waals surface area contributed by atoms with Gasteiger partial charge in [0.25, 0.3) is 0 Å². The Kier molecular flexibility index (Phi) is 5.67. The number of piperidine rings is 1. The van der Waals surface area contributed by atoms with Crippen molar-refractivity contribution >= 4 is 22.6 Å². The molecular weight excluding hydrogens is 364 g/mol. The van der Waals surface area contributed by atoms with E-state index < -0.39 is 0 Å². The van der Waals surface area contributed by atoms with Crippen LogP contribution in [-0.2, 0) is 17.8 Å². The highest BCUT2D eigenvalue weighted by atomic mass is 16.2. The first-order valence-electron chi connectivity index (χ1n) is 10.5. The lowest BCUT2D eigenvalue weighted by molar-refractivity contribution is -0.117. The Morgan fingerprint density at radius 2 is 2.14 bits per heavy atom. The van der Waals surface area contributed by atoms with Crippen molar-refractivity contribution in [1.82, 2.24) is 24.6 Å². The summed E-state index contributed by atoms with van der Waals surface area (Å²) >= 11 is 0. The minimum absolute atomic E-state index is 0.0382. The molecule has 0 unspecified atom stereocenters. The summed E-state index contributed by atoms with van der Waals surface area (Å²) in [5.41, 5.74) is 4.85. The van der Waals surface area contributed by atoms with Crippen molar-refractivity contribution in [2.24, 2.45) is 5.92 Å². The number of H-pyrrole nitrogens is 1. The molecule has 3 aromatic rings. The monoisotopic (exact) mass is 394 g/mol. The summed E-state index contributed by atoms with van der Waals surface area (Å²) in [5.74, 6) is 1.60. The fraction of sp³-hybridized carbons (Fsp3) is 0.500. The second kappa shape index (κ2) is 8.37. The number of nitrogens with zero attached hydrogens (tertiary/aromatic N) is 4. The first kappa shape index (κ1) is 19.6. The molecule has 0 aliphatic carbocycles. The Balaban J connectivity index is 1.34. The molecule has 0 radical (unpaired) electrons. The summed E-state index contributed by atoms with van der Waals surface area (Å²) in [7, 11) is 0. The number of imidazole rings is 1. The predicted molar refractivity (Wildman–Crippen MR) is 115 cm³/mol. The van der Waals surface area contributed by atoms with Gasteiger partial charge in [-0.05, 0) is 58.2 Å². The molecule has 4 rings (SSSR count). The number of aromatic nitrogens is 4. The maximum absolute atomic E-state index is 12.7. The molecule has 29 heavy (non-hydrogen) atoms. The van der Waals surface area contributed by atoms with Gasteiger partial charge < -0.3 is 10.3 Å². The summed E-state index contributed by atoms with van der Waals surface area (Å²) in [4.78, 5) is 23.1. The van der Waals surface area contributed by atoms with Crippen LogP contribution in [0.2, 0.25) is 0 Å². The lowest BCUT2D eigenvalue weighted by Gasteiger charge is -2.31. The quantitative estimate of drug-likeness (QED) is 0.672. The van der Waals surface area contributed by atoms with Gasteiger partial charge >= 0.3 is 0 Å².